The van der Waals surface area contributed by atoms with Crippen LogP contribution in [0.1, 0.15) is 32.7 Å². The zero-order valence-electron chi connectivity index (χ0n) is 11.5. The van der Waals surface area contributed by atoms with Crippen molar-refractivity contribution in [2.24, 2.45) is 0 Å². The Balaban J connectivity index is 2.05. The number of benzene rings is 1. The summed E-state index contributed by atoms with van der Waals surface area (Å²) in [5.74, 6) is -0.0619. The van der Waals surface area contributed by atoms with E-state index in [1.807, 2.05) is 51.1 Å². The Morgan fingerprint density at radius 1 is 1.11 bits per heavy atom. The van der Waals surface area contributed by atoms with E-state index in [-0.39, 0.29) is 5.91 Å². The fourth-order valence-corrected chi connectivity index (χ4v) is 1.85. The average Bonchev–Trinajstić information content (AvgIpc) is 2.40. The van der Waals surface area contributed by atoms with Crippen LogP contribution >= 0.6 is 0 Å². The summed E-state index contributed by atoms with van der Waals surface area (Å²) in [5.41, 5.74) is 5.00. The molecule has 0 bridgehead atoms. The Morgan fingerprint density at radius 2 is 1.89 bits per heavy atom. The zero-order chi connectivity index (χ0) is 13.8. The zero-order valence-corrected chi connectivity index (χ0v) is 11.5. The topological polar surface area (TPSA) is 42.0 Å². The average molecular weight is 254 g/mol. The van der Waals surface area contributed by atoms with Crippen molar-refractivity contribution in [3.63, 3.8) is 0 Å². The Labute approximate surface area is 113 Å². The largest absolute Gasteiger partial charge is 0.346 e. The summed E-state index contributed by atoms with van der Waals surface area (Å²) in [5, 5.41) is 2.90. The fraction of sp³-hybridized carbons (Fsp3) is 0.250. The van der Waals surface area contributed by atoms with Gasteiger partial charge in [-0.3, -0.25) is 9.78 Å². The van der Waals surface area contributed by atoms with Gasteiger partial charge in [-0.15, -0.1) is 0 Å². The molecular weight excluding hydrogens is 236 g/mol. The van der Waals surface area contributed by atoms with Crippen LogP contribution in [0.5, 0.6) is 0 Å². The van der Waals surface area contributed by atoms with Crippen molar-refractivity contribution >= 4 is 5.91 Å². The van der Waals surface area contributed by atoms with Crippen LogP contribution in [0.4, 0.5) is 0 Å². The van der Waals surface area contributed by atoms with Crippen LogP contribution < -0.4 is 5.32 Å². The molecule has 1 amide bonds. The quantitative estimate of drug-likeness (QED) is 0.915. The fourth-order valence-electron chi connectivity index (χ4n) is 1.85. The van der Waals surface area contributed by atoms with Crippen molar-refractivity contribution in [3.8, 4) is 0 Å². The molecule has 0 aliphatic carbocycles. The van der Waals surface area contributed by atoms with Gasteiger partial charge in [-0.05, 0) is 55.7 Å². The van der Waals surface area contributed by atoms with Gasteiger partial charge in [0.15, 0.2) is 0 Å². The summed E-state index contributed by atoms with van der Waals surface area (Å²) >= 11 is 0. The first-order valence-corrected chi connectivity index (χ1v) is 6.34. The number of nitrogens with zero attached hydrogens (tertiary/aromatic N) is 1. The standard InChI is InChI=1S/C16H18N2O/c1-11-6-7-14(9-13(11)3)16(19)18-10-15-12(2)5-4-8-17-15/h4-9H,10H2,1-3H3,(H,18,19). The number of amides is 1. The minimum Gasteiger partial charge on any atom is -0.346 e. The van der Waals surface area contributed by atoms with E-state index in [0.717, 1.165) is 16.8 Å². The molecule has 2 aromatic rings. The molecule has 0 spiro atoms. The van der Waals surface area contributed by atoms with E-state index in [1.165, 1.54) is 5.56 Å². The maximum Gasteiger partial charge on any atom is 0.251 e. The number of aryl methyl sites for hydroxylation is 3. The van der Waals surface area contributed by atoms with Crippen molar-refractivity contribution in [3.05, 3.63) is 64.5 Å². The molecule has 0 saturated heterocycles. The molecule has 98 valence electrons. The molecule has 0 fully saturated rings. The molecule has 0 aliphatic heterocycles. The predicted octanol–water partition coefficient (Wildman–Crippen LogP) is 2.94. The van der Waals surface area contributed by atoms with Crippen molar-refractivity contribution < 1.29 is 4.79 Å². The van der Waals surface area contributed by atoms with Gasteiger partial charge in [-0.2, -0.15) is 0 Å². The number of carbonyl (C=O) groups is 1. The molecule has 0 atom stereocenters. The van der Waals surface area contributed by atoms with E-state index in [9.17, 15) is 4.79 Å². The molecule has 19 heavy (non-hydrogen) atoms. The van der Waals surface area contributed by atoms with Crippen LogP contribution in [0, 0.1) is 20.8 Å². The van der Waals surface area contributed by atoms with Crippen molar-refractivity contribution in [2.45, 2.75) is 27.3 Å². The molecule has 0 radical (unpaired) electrons. The number of hydrogen-bond donors (Lipinski definition) is 1. The minimum atomic E-state index is -0.0619. The second-order valence-electron chi connectivity index (χ2n) is 4.75. The van der Waals surface area contributed by atoms with Gasteiger partial charge in [-0.25, -0.2) is 0 Å². The Bertz CT molecular complexity index is 605. The van der Waals surface area contributed by atoms with Gasteiger partial charge in [0.05, 0.1) is 12.2 Å². The number of aromatic nitrogens is 1. The third kappa shape index (κ3) is 3.19. The third-order valence-electron chi connectivity index (χ3n) is 3.30. The molecule has 2 rings (SSSR count). The molecule has 3 nitrogen and oxygen atoms in total. The summed E-state index contributed by atoms with van der Waals surface area (Å²) < 4.78 is 0. The molecule has 1 heterocycles. The monoisotopic (exact) mass is 254 g/mol. The summed E-state index contributed by atoms with van der Waals surface area (Å²) in [6, 6.07) is 9.61. The Morgan fingerprint density at radius 3 is 2.58 bits per heavy atom. The highest BCUT2D eigenvalue weighted by atomic mass is 16.1. The Kier molecular flexibility index (Phi) is 3.95. The van der Waals surface area contributed by atoms with Crippen LogP contribution in [-0.2, 0) is 6.54 Å². The first-order valence-electron chi connectivity index (χ1n) is 6.34. The summed E-state index contributed by atoms with van der Waals surface area (Å²) in [6.45, 7) is 6.49. The Hall–Kier alpha value is -2.16. The van der Waals surface area contributed by atoms with Crippen LogP contribution in [-0.4, -0.2) is 10.9 Å². The number of carbonyl (C=O) groups excluding carboxylic acids is 1. The van der Waals surface area contributed by atoms with E-state index in [1.54, 1.807) is 6.20 Å². The number of pyridine rings is 1. The lowest BCUT2D eigenvalue weighted by Crippen LogP contribution is -2.23. The summed E-state index contributed by atoms with van der Waals surface area (Å²) in [4.78, 5) is 16.3. The lowest BCUT2D eigenvalue weighted by atomic mass is 10.1. The molecular formula is C16H18N2O. The van der Waals surface area contributed by atoms with E-state index in [2.05, 4.69) is 10.3 Å². The summed E-state index contributed by atoms with van der Waals surface area (Å²) in [7, 11) is 0. The third-order valence-corrected chi connectivity index (χ3v) is 3.30. The van der Waals surface area contributed by atoms with Gasteiger partial charge in [0.2, 0.25) is 0 Å². The second kappa shape index (κ2) is 5.65. The first-order chi connectivity index (χ1) is 9.08. The van der Waals surface area contributed by atoms with E-state index < -0.39 is 0 Å². The molecule has 1 aromatic carbocycles. The highest BCUT2D eigenvalue weighted by Crippen LogP contribution is 2.10. The van der Waals surface area contributed by atoms with Crippen molar-refractivity contribution in [1.29, 1.82) is 0 Å². The molecule has 0 unspecified atom stereocenters. The maximum atomic E-state index is 12.1. The highest BCUT2D eigenvalue weighted by Gasteiger charge is 2.07. The SMILES string of the molecule is Cc1ccc(C(=O)NCc2ncccc2C)cc1C. The summed E-state index contributed by atoms with van der Waals surface area (Å²) in [6.07, 6.45) is 1.74. The van der Waals surface area contributed by atoms with Gasteiger partial charge >= 0.3 is 0 Å². The van der Waals surface area contributed by atoms with Crippen LogP contribution in [0.25, 0.3) is 0 Å². The highest BCUT2D eigenvalue weighted by molar-refractivity contribution is 5.94. The van der Waals surface area contributed by atoms with Crippen LogP contribution in [0.3, 0.4) is 0 Å². The van der Waals surface area contributed by atoms with Crippen molar-refractivity contribution in [1.82, 2.24) is 10.3 Å². The number of rotatable bonds is 3. The molecule has 0 aliphatic rings. The number of hydrogen-bond acceptors (Lipinski definition) is 2. The lowest BCUT2D eigenvalue weighted by molar-refractivity contribution is 0.0950. The normalized spacial score (nSPS) is 10.3. The smallest absolute Gasteiger partial charge is 0.251 e. The van der Waals surface area contributed by atoms with Gasteiger partial charge in [0, 0.05) is 11.8 Å². The molecule has 0 saturated carbocycles. The second-order valence-corrected chi connectivity index (χ2v) is 4.75. The lowest BCUT2D eigenvalue weighted by Gasteiger charge is -2.08. The van der Waals surface area contributed by atoms with Crippen LogP contribution in [0.2, 0.25) is 0 Å². The van der Waals surface area contributed by atoms with Gasteiger partial charge in [-0.1, -0.05) is 12.1 Å². The van der Waals surface area contributed by atoms with Gasteiger partial charge < -0.3 is 5.32 Å². The van der Waals surface area contributed by atoms with Crippen LogP contribution in [0.15, 0.2) is 36.5 Å². The number of nitrogens with one attached hydrogen (secondary N) is 1. The van der Waals surface area contributed by atoms with E-state index >= 15 is 0 Å². The molecule has 1 aromatic heterocycles. The molecule has 3 heteroatoms. The minimum absolute atomic E-state index is 0.0619. The first kappa shape index (κ1) is 13.3. The van der Waals surface area contributed by atoms with Gasteiger partial charge in [0.25, 0.3) is 5.91 Å². The predicted molar refractivity (Wildman–Crippen MR) is 76.1 cm³/mol. The van der Waals surface area contributed by atoms with Gasteiger partial charge in [0.1, 0.15) is 0 Å². The maximum absolute atomic E-state index is 12.1. The van der Waals surface area contributed by atoms with Crippen molar-refractivity contribution in [2.75, 3.05) is 0 Å². The van der Waals surface area contributed by atoms with E-state index in [4.69, 9.17) is 0 Å². The van der Waals surface area contributed by atoms with E-state index in [0.29, 0.717) is 12.1 Å². The molecule has 1 N–H and O–H groups in total.